The molecule has 2 N–H and O–H groups in total. The number of para-hydroxylation sites is 1. The second kappa shape index (κ2) is 8.32. The highest BCUT2D eigenvalue weighted by molar-refractivity contribution is 5.85. The molecule has 0 aliphatic carbocycles. The van der Waals surface area contributed by atoms with Gasteiger partial charge in [0, 0.05) is 17.8 Å². The van der Waals surface area contributed by atoms with Crippen LogP contribution in [0.15, 0.2) is 79.1 Å². The topological polar surface area (TPSA) is 53.7 Å². The minimum Gasteiger partial charge on any atom is -0.505 e. The Labute approximate surface area is 180 Å². The lowest BCUT2D eigenvalue weighted by Crippen LogP contribution is -3.15. The molecule has 6 heteroatoms. The highest BCUT2D eigenvalue weighted by Gasteiger charge is 2.33. The molecule has 2 aromatic heterocycles. The number of piperazine rings is 1. The molecular formula is C25H24FN4O+. The van der Waals surface area contributed by atoms with E-state index in [1.807, 2.05) is 54.6 Å². The Balaban J connectivity index is 1.49. The SMILES string of the molecule is Oc1c([C@H](c2ccccn2)[NH+]2CCN(c3ccccc3F)CC2)ccc2cccnc12. The molecule has 0 bridgehead atoms. The lowest BCUT2D eigenvalue weighted by Gasteiger charge is -2.37. The molecule has 4 aromatic rings. The van der Waals surface area contributed by atoms with Gasteiger partial charge in [-0.25, -0.2) is 4.39 Å². The van der Waals surface area contributed by atoms with Crippen LogP contribution in [0.3, 0.4) is 0 Å². The predicted molar refractivity (Wildman–Crippen MR) is 119 cm³/mol. The van der Waals surface area contributed by atoms with Crippen molar-refractivity contribution in [3.63, 3.8) is 0 Å². The monoisotopic (exact) mass is 415 g/mol. The van der Waals surface area contributed by atoms with E-state index in [1.165, 1.54) is 11.0 Å². The number of aromatic nitrogens is 2. The van der Waals surface area contributed by atoms with E-state index in [1.54, 1.807) is 18.5 Å². The van der Waals surface area contributed by atoms with Crippen LogP contribution >= 0.6 is 0 Å². The Kier molecular flexibility index (Phi) is 5.22. The van der Waals surface area contributed by atoms with Crippen LogP contribution in [0.4, 0.5) is 10.1 Å². The smallest absolute Gasteiger partial charge is 0.160 e. The summed E-state index contributed by atoms with van der Waals surface area (Å²) in [6.45, 7) is 3.06. The summed E-state index contributed by atoms with van der Waals surface area (Å²) in [6.07, 6.45) is 3.48. The van der Waals surface area contributed by atoms with Gasteiger partial charge in [-0.05, 0) is 36.4 Å². The van der Waals surface area contributed by atoms with Gasteiger partial charge in [-0.3, -0.25) is 9.97 Å². The van der Waals surface area contributed by atoms with Gasteiger partial charge in [0.25, 0.3) is 0 Å². The van der Waals surface area contributed by atoms with Gasteiger partial charge in [0.2, 0.25) is 0 Å². The molecule has 0 saturated carbocycles. The fraction of sp³-hybridized carbons (Fsp3) is 0.200. The summed E-state index contributed by atoms with van der Waals surface area (Å²) in [5, 5.41) is 12.0. The van der Waals surface area contributed by atoms with Crippen LogP contribution in [-0.2, 0) is 0 Å². The molecule has 1 fully saturated rings. The van der Waals surface area contributed by atoms with Gasteiger partial charge in [0.15, 0.2) is 11.8 Å². The summed E-state index contributed by atoms with van der Waals surface area (Å²) in [5.74, 6) is 0.0169. The van der Waals surface area contributed by atoms with Crippen molar-refractivity contribution in [2.45, 2.75) is 6.04 Å². The zero-order valence-corrected chi connectivity index (χ0v) is 17.1. The lowest BCUT2D eigenvalue weighted by molar-refractivity contribution is -0.926. The van der Waals surface area contributed by atoms with E-state index in [-0.39, 0.29) is 17.6 Å². The molecule has 0 spiro atoms. The summed E-state index contributed by atoms with van der Waals surface area (Å²) < 4.78 is 14.3. The number of nitrogens with one attached hydrogen (secondary N) is 1. The quantitative estimate of drug-likeness (QED) is 0.538. The number of phenols is 1. The maximum absolute atomic E-state index is 14.3. The van der Waals surface area contributed by atoms with Crippen molar-refractivity contribution in [2.75, 3.05) is 31.1 Å². The van der Waals surface area contributed by atoms with Crippen LogP contribution in [0.2, 0.25) is 0 Å². The maximum Gasteiger partial charge on any atom is 0.160 e. The predicted octanol–water partition coefficient (Wildman–Crippen LogP) is 2.97. The normalized spacial score (nSPS) is 15.8. The minimum absolute atomic E-state index is 0.129. The van der Waals surface area contributed by atoms with Crippen molar-refractivity contribution >= 4 is 16.6 Å². The second-order valence-electron chi connectivity index (χ2n) is 7.86. The number of benzene rings is 2. The minimum atomic E-state index is -0.189. The fourth-order valence-electron chi connectivity index (χ4n) is 4.55. The number of hydrogen-bond acceptors (Lipinski definition) is 4. The van der Waals surface area contributed by atoms with Crippen LogP contribution in [0.25, 0.3) is 10.9 Å². The summed E-state index contributed by atoms with van der Waals surface area (Å²) >= 11 is 0. The number of pyridine rings is 2. The summed E-state index contributed by atoms with van der Waals surface area (Å²) in [5.41, 5.74) is 2.97. The Morgan fingerprint density at radius 1 is 0.871 bits per heavy atom. The van der Waals surface area contributed by atoms with E-state index in [2.05, 4.69) is 14.9 Å². The Hall–Kier alpha value is -3.51. The van der Waals surface area contributed by atoms with E-state index in [0.29, 0.717) is 11.2 Å². The number of fused-ring (bicyclic) bond motifs is 1. The number of hydrogen-bond donors (Lipinski definition) is 2. The molecule has 5 nitrogen and oxygen atoms in total. The van der Waals surface area contributed by atoms with E-state index in [0.717, 1.165) is 42.8 Å². The first-order valence-corrected chi connectivity index (χ1v) is 10.5. The molecule has 3 heterocycles. The number of phenolic OH excluding ortho intramolecular Hbond substituents is 1. The number of quaternary nitrogens is 1. The molecule has 0 unspecified atom stereocenters. The van der Waals surface area contributed by atoms with Crippen molar-refractivity contribution in [3.05, 3.63) is 96.2 Å². The number of anilines is 1. The molecule has 5 rings (SSSR count). The number of halogens is 1. The third-order valence-electron chi connectivity index (χ3n) is 6.08. The van der Waals surface area contributed by atoms with Crippen LogP contribution in [0, 0.1) is 5.82 Å². The number of nitrogens with zero attached hydrogens (tertiary/aromatic N) is 3. The Morgan fingerprint density at radius 2 is 1.65 bits per heavy atom. The van der Waals surface area contributed by atoms with E-state index < -0.39 is 0 Å². The van der Waals surface area contributed by atoms with E-state index in [9.17, 15) is 9.50 Å². The van der Waals surface area contributed by atoms with Crippen LogP contribution in [0.1, 0.15) is 17.3 Å². The first-order chi connectivity index (χ1) is 15.2. The van der Waals surface area contributed by atoms with Gasteiger partial charge in [-0.2, -0.15) is 0 Å². The first kappa shape index (κ1) is 19.5. The van der Waals surface area contributed by atoms with Gasteiger partial charge in [-0.1, -0.05) is 30.3 Å². The summed E-state index contributed by atoms with van der Waals surface area (Å²) in [4.78, 5) is 12.4. The van der Waals surface area contributed by atoms with Crippen molar-refractivity contribution in [1.82, 2.24) is 9.97 Å². The van der Waals surface area contributed by atoms with E-state index >= 15 is 0 Å². The fourth-order valence-corrected chi connectivity index (χ4v) is 4.55. The van der Waals surface area contributed by atoms with Gasteiger partial charge >= 0.3 is 0 Å². The Bertz CT molecular complexity index is 1190. The van der Waals surface area contributed by atoms with Gasteiger partial charge in [-0.15, -0.1) is 0 Å². The molecular weight excluding hydrogens is 391 g/mol. The lowest BCUT2D eigenvalue weighted by atomic mass is 9.97. The largest absolute Gasteiger partial charge is 0.505 e. The third kappa shape index (κ3) is 3.70. The molecule has 1 atom stereocenters. The second-order valence-corrected chi connectivity index (χ2v) is 7.86. The molecule has 1 aliphatic heterocycles. The highest BCUT2D eigenvalue weighted by Crippen LogP contribution is 2.32. The van der Waals surface area contributed by atoms with Crippen LogP contribution in [0.5, 0.6) is 5.75 Å². The zero-order valence-electron chi connectivity index (χ0n) is 17.1. The Morgan fingerprint density at radius 3 is 2.42 bits per heavy atom. The van der Waals surface area contributed by atoms with Crippen molar-refractivity contribution in [1.29, 1.82) is 0 Å². The zero-order chi connectivity index (χ0) is 21.2. The van der Waals surface area contributed by atoms with Crippen LogP contribution < -0.4 is 9.80 Å². The highest BCUT2D eigenvalue weighted by atomic mass is 19.1. The molecule has 156 valence electrons. The molecule has 0 amide bonds. The average molecular weight is 415 g/mol. The third-order valence-corrected chi connectivity index (χ3v) is 6.08. The van der Waals surface area contributed by atoms with Gasteiger partial charge in [0.05, 0.1) is 37.4 Å². The van der Waals surface area contributed by atoms with Gasteiger partial charge in [0.1, 0.15) is 17.0 Å². The molecule has 31 heavy (non-hydrogen) atoms. The maximum atomic E-state index is 14.3. The average Bonchev–Trinajstić information content (AvgIpc) is 2.82. The first-order valence-electron chi connectivity index (χ1n) is 10.5. The van der Waals surface area contributed by atoms with Crippen LogP contribution in [-0.4, -0.2) is 41.3 Å². The molecule has 1 aliphatic rings. The molecule has 2 aromatic carbocycles. The van der Waals surface area contributed by atoms with Crippen molar-refractivity contribution < 1.29 is 14.4 Å². The number of rotatable bonds is 4. The molecule has 0 radical (unpaired) electrons. The van der Waals surface area contributed by atoms with E-state index in [4.69, 9.17) is 0 Å². The standard InChI is InChI=1S/C25H23FN4O/c26-20-7-1-2-9-22(20)29-14-16-30(17-15-29)24(21-8-3-4-12-27-21)19-11-10-18-6-5-13-28-23(18)25(19)31/h1-13,24,31H,14-17H2/p+1/t24-/m1/s1. The molecule has 1 saturated heterocycles. The van der Waals surface area contributed by atoms with Crippen molar-refractivity contribution in [3.8, 4) is 5.75 Å². The summed E-state index contributed by atoms with van der Waals surface area (Å²) in [6, 6.07) is 20.5. The number of aromatic hydroxyl groups is 1. The van der Waals surface area contributed by atoms with Gasteiger partial charge < -0.3 is 14.9 Å². The summed E-state index contributed by atoms with van der Waals surface area (Å²) in [7, 11) is 0. The van der Waals surface area contributed by atoms with Crippen molar-refractivity contribution in [2.24, 2.45) is 0 Å².